The molecule has 0 aromatic heterocycles. The molecular weight excluding hydrogens is 216 g/mol. The van der Waals surface area contributed by atoms with Gasteiger partial charge >= 0.3 is 0 Å². The summed E-state index contributed by atoms with van der Waals surface area (Å²) in [6, 6.07) is 4.91. The number of carboxylic acid groups (broad SMARTS) is 1. The van der Waals surface area contributed by atoms with Gasteiger partial charge in [-0.1, -0.05) is 0 Å². The molecule has 1 unspecified atom stereocenters. The van der Waals surface area contributed by atoms with Gasteiger partial charge in [0.2, 0.25) is 0 Å². The number of aliphatic carboxylic acids is 1. The fourth-order valence-electron chi connectivity index (χ4n) is 1.18. The van der Waals surface area contributed by atoms with Crippen molar-refractivity contribution in [2.75, 3.05) is 12.9 Å². The summed E-state index contributed by atoms with van der Waals surface area (Å²) in [6.45, 7) is 1.32. The maximum Gasteiger partial charge on any atom is 0.128 e. The standard InChI is InChI=1S/C10H12O4S/c1-7-5-8(14-6-10(11)12)3-4-9(7)15(2)13/h3-5H,6H2,1-2H3,(H,11,12)/p-1. The molecule has 15 heavy (non-hydrogen) atoms. The van der Waals surface area contributed by atoms with Gasteiger partial charge < -0.3 is 14.6 Å². The Morgan fingerprint density at radius 1 is 1.53 bits per heavy atom. The maximum atomic E-state index is 11.2. The minimum atomic E-state index is -1.27. The predicted octanol–water partition coefficient (Wildman–Crippen LogP) is -0.139. The molecule has 82 valence electrons. The summed E-state index contributed by atoms with van der Waals surface area (Å²) in [6.07, 6.45) is 1.59. The lowest BCUT2D eigenvalue weighted by Crippen LogP contribution is -2.28. The summed E-state index contributed by atoms with van der Waals surface area (Å²) < 4.78 is 16.1. The number of carbonyl (C=O) groups is 1. The Labute approximate surface area is 90.3 Å². The van der Waals surface area contributed by atoms with Crippen LogP contribution in [0.5, 0.6) is 5.75 Å². The Bertz CT molecular complexity index is 400. The summed E-state index contributed by atoms with van der Waals surface area (Å²) in [4.78, 5) is 10.9. The maximum absolute atomic E-state index is 11.2. The van der Waals surface area contributed by atoms with E-state index in [9.17, 15) is 14.1 Å². The fourth-order valence-corrected chi connectivity index (χ4v) is 1.95. The minimum absolute atomic E-state index is 0.436. The van der Waals surface area contributed by atoms with Crippen LogP contribution in [0.1, 0.15) is 5.56 Å². The van der Waals surface area contributed by atoms with Gasteiger partial charge in [0, 0.05) is 11.2 Å². The first-order valence-electron chi connectivity index (χ1n) is 4.27. The quantitative estimate of drug-likeness (QED) is 0.718. The Kier molecular flexibility index (Phi) is 3.85. The van der Waals surface area contributed by atoms with Crippen LogP contribution in [-0.4, -0.2) is 23.0 Å². The number of hydrogen-bond donors (Lipinski definition) is 0. The SMILES string of the molecule is Cc1cc(OCC(=O)[O-])ccc1S(C)=O. The van der Waals surface area contributed by atoms with E-state index >= 15 is 0 Å². The fraction of sp³-hybridized carbons (Fsp3) is 0.300. The highest BCUT2D eigenvalue weighted by atomic mass is 32.2. The normalized spacial score (nSPS) is 12.1. The van der Waals surface area contributed by atoms with Crippen LogP contribution in [-0.2, 0) is 15.6 Å². The summed E-state index contributed by atoms with van der Waals surface area (Å²) in [5.74, 6) is -0.832. The van der Waals surface area contributed by atoms with E-state index in [1.807, 2.05) is 0 Å². The molecule has 0 spiro atoms. The number of ether oxygens (including phenoxy) is 1. The van der Waals surface area contributed by atoms with Gasteiger partial charge in [0.15, 0.2) is 0 Å². The van der Waals surface area contributed by atoms with Gasteiger partial charge in [0.25, 0.3) is 0 Å². The van der Waals surface area contributed by atoms with Crippen LogP contribution in [0.2, 0.25) is 0 Å². The van der Waals surface area contributed by atoms with Gasteiger partial charge in [-0.25, -0.2) is 0 Å². The molecule has 0 N–H and O–H groups in total. The molecule has 0 saturated heterocycles. The first-order valence-corrected chi connectivity index (χ1v) is 5.83. The third-order valence-corrected chi connectivity index (χ3v) is 2.89. The van der Waals surface area contributed by atoms with Crippen molar-refractivity contribution in [2.45, 2.75) is 11.8 Å². The van der Waals surface area contributed by atoms with Crippen molar-refractivity contribution in [1.29, 1.82) is 0 Å². The van der Waals surface area contributed by atoms with Crippen LogP contribution in [0.25, 0.3) is 0 Å². The number of carboxylic acids is 1. The third kappa shape index (κ3) is 3.36. The minimum Gasteiger partial charge on any atom is -0.546 e. The number of hydrogen-bond acceptors (Lipinski definition) is 4. The highest BCUT2D eigenvalue weighted by molar-refractivity contribution is 7.84. The van der Waals surface area contributed by atoms with E-state index in [0.29, 0.717) is 5.75 Å². The zero-order chi connectivity index (χ0) is 11.4. The monoisotopic (exact) mass is 227 g/mol. The van der Waals surface area contributed by atoms with Crippen molar-refractivity contribution < 1.29 is 18.8 Å². The van der Waals surface area contributed by atoms with Gasteiger partial charge in [0.05, 0.1) is 16.8 Å². The molecular formula is C10H11O4S-. The number of benzene rings is 1. The lowest BCUT2D eigenvalue weighted by molar-refractivity contribution is -0.307. The Morgan fingerprint density at radius 2 is 2.20 bits per heavy atom. The van der Waals surface area contributed by atoms with Gasteiger partial charge in [-0.15, -0.1) is 0 Å². The largest absolute Gasteiger partial charge is 0.546 e. The molecule has 0 radical (unpaired) electrons. The molecule has 4 nitrogen and oxygen atoms in total. The van der Waals surface area contributed by atoms with Crippen LogP contribution in [0.3, 0.4) is 0 Å². The average Bonchev–Trinajstić information content (AvgIpc) is 2.14. The average molecular weight is 227 g/mol. The highest BCUT2D eigenvalue weighted by Gasteiger charge is 2.03. The van der Waals surface area contributed by atoms with Crippen LogP contribution in [0, 0.1) is 6.92 Å². The molecule has 1 rings (SSSR count). The third-order valence-electron chi connectivity index (χ3n) is 1.81. The Balaban J connectivity index is 2.82. The van der Waals surface area contributed by atoms with Gasteiger partial charge in [0.1, 0.15) is 12.4 Å². The number of rotatable bonds is 4. The number of aryl methyl sites for hydroxylation is 1. The van der Waals surface area contributed by atoms with Crippen molar-refractivity contribution in [3.05, 3.63) is 23.8 Å². The summed E-state index contributed by atoms with van der Waals surface area (Å²) >= 11 is 0. The summed E-state index contributed by atoms with van der Waals surface area (Å²) in [5.41, 5.74) is 0.812. The van der Waals surface area contributed by atoms with Crippen LogP contribution in [0.4, 0.5) is 0 Å². The molecule has 0 amide bonds. The molecule has 0 aliphatic heterocycles. The van der Waals surface area contributed by atoms with Crippen molar-refractivity contribution in [3.63, 3.8) is 0 Å². The molecule has 1 atom stereocenters. The van der Waals surface area contributed by atoms with Crippen LogP contribution < -0.4 is 9.84 Å². The predicted molar refractivity (Wildman–Crippen MR) is 54.0 cm³/mol. The van der Waals surface area contributed by atoms with E-state index in [0.717, 1.165) is 10.5 Å². The molecule has 1 aromatic carbocycles. The van der Waals surface area contributed by atoms with E-state index in [4.69, 9.17) is 4.74 Å². The second-order valence-electron chi connectivity index (χ2n) is 3.04. The van der Waals surface area contributed by atoms with Crippen LogP contribution >= 0.6 is 0 Å². The van der Waals surface area contributed by atoms with Gasteiger partial charge in [-0.2, -0.15) is 0 Å². The Hall–Kier alpha value is -1.36. The molecule has 0 bridgehead atoms. The summed E-state index contributed by atoms with van der Waals surface area (Å²) in [7, 11) is -1.05. The molecule has 0 saturated carbocycles. The van der Waals surface area contributed by atoms with Crippen LogP contribution in [0.15, 0.2) is 23.1 Å². The van der Waals surface area contributed by atoms with Gasteiger partial charge in [-0.3, -0.25) is 4.21 Å². The molecule has 1 aromatic rings. The molecule has 0 heterocycles. The Morgan fingerprint density at radius 3 is 2.67 bits per heavy atom. The van der Waals surface area contributed by atoms with E-state index in [2.05, 4.69) is 0 Å². The van der Waals surface area contributed by atoms with Crippen molar-refractivity contribution in [3.8, 4) is 5.75 Å². The topological polar surface area (TPSA) is 66.4 Å². The van der Waals surface area contributed by atoms with E-state index < -0.39 is 23.4 Å². The lowest BCUT2D eigenvalue weighted by atomic mass is 10.2. The van der Waals surface area contributed by atoms with Crippen molar-refractivity contribution in [1.82, 2.24) is 0 Å². The zero-order valence-electron chi connectivity index (χ0n) is 8.48. The van der Waals surface area contributed by atoms with Gasteiger partial charge in [-0.05, 0) is 30.7 Å². The molecule has 0 fully saturated rings. The first-order chi connectivity index (χ1) is 7.00. The van der Waals surface area contributed by atoms with E-state index in [1.165, 1.54) is 0 Å². The molecule has 5 heteroatoms. The second-order valence-corrected chi connectivity index (χ2v) is 4.39. The van der Waals surface area contributed by atoms with E-state index in [1.54, 1.807) is 31.4 Å². The lowest BCUT2D eigenvalue weighted by Gasteiger charge is -2.09. The number of carbonyl (C=O) groups excluding carboxylic acids is 1. The van der Waals surface area contributed by atoms with Crippen molar-refractivity contribution in [2.24, 2.45) is 0 Å². The first kappa shape index (κ1) is 11.7. The molecule has 0 aliphatic carbocycles. The van der Waals surface area contributed by atoms with E-state index in [-0.39, 0.29) is 0 Å². The zero-order valence-corrected chi connectivity index (χ0v) is 9.30. The van der Waals surface area contributed by atoms with Crippen molar-refractivity contribution >= 4 is 16.8 Å². The smallest absolute Gasteiger partial charge is 0.128 e. The summed E-state index contributed by atoms with van der Waals surface area (Å²) in [5, 5.41) is 10.1. The second kappa shape index (κ2) is 4.93. The highest BCUT2D eigenvalue weighted by Crippen LogP contribution is 2.19. The molecule has 0 aliphatic rings.